The van der Waals surface area contributed by atoms with E-state index in [1.807, 2.05) is 31.2 Å². The lowest BCUT2D eigenvalue weighted by atomic mass is 10.0. The molecule has 1 aromatic carbocycles. The van der Waals surface area contributed by atoms with Crippen LogP contribution in [0.15, 0.2) is 24.3 Å². The van der Waals surface area contributed by atoms with E-state index >= 15 is 0 Å². The maximum absolute atomic E-state index is 12.0. The minimum atomic E-state index is -0.801. The molecule has 6 heteroatoms. The smallest absolute Gasteiger partial charge is 0.308 e. The number of hydrogen-bond donors (Lipinski definition) is 1. The van der Waals surface area contributed by atoms with E-state index in [9.17, 15) is 9.59 Å². The molecule has 25 heavy (non-hydrogen) atoms. The van der Waals surface area contributed by atoms with Crippen LogP contribution in [0.25, 0.3) is 0 Å². The quantitative estimate of drug-likeness (QED) is 0.428. The van der Waals surface area contributed by atoms with Crippen molar-refractivity contribution in [3.05, 3.63) is 29.8 Å². The normalized spacial score (nSPS) is 11.3. The van der Waals surface area contributed by atoms with Gasteiger partial charge >= 0.3 is 11.9 Å². The minimum absolute atomic E-state index is 0. The van der Waals surface area contributed by atoms with Crippen molar-refractivity contribution in [2.75, 3.05) is 6.61 Å². The molecule has 0 saturated heterocycles. The van der Waals surface area contributed by atoms with Crippen LogP contribution in [0.2, 0.25) is 0 Å². The molecule has 5 nitrogen and oxygen atoms in total. The number of aliphatic carboxylic acids is 1. The SMILES string of the molecule is CCCCOc1ccccc1COC(=O)C(C)CCCCC(=O)O.Cl. The van der Waals surface area contributed by atoms with Crippen LogP contribution in [0.5, 0.6) is 5.75 Å². The number of carbonyl (C=O) groups excluding carboxylic acids is 1. The lowest BCUT2D eigenvalue weighted by Crippen LogP contribution is -2.15. The first-order valence-corrected chi connectivity index (χ1v) is 8.63. The Morgan fingerprint density at radius 1 is 1.16 bits per heavy atom. The second-order valence-corrected chi connectivity index (χ2v) is 5.96. The average Bonchev–Trinajstić information content (AvgIpc) is 2.57. The van der Waals surface area contributed by atoms with Gasteiger partial charge in [-0.15, -0.1) is 12.4 Å². The summed E-state index contributed by atoms with van der Waals surface area (Å²) < 4.78 is 11.1. The van der Waals surface area contributed by atoms with E-state index in [0.29, 0.717) is 25.9 Å². The maximum atomic E-state index is 12.0. The van der Waals surface area contributed by atoms with Crippen LogP contribution >= 0.6 is 12.4 Å². The van der Waals surface area contributed by atoms with Crippen LogP contribution in [-0.2, 0) is 20.9 Å². The molecule has 1 rings (SSSR count). The van der Waals surface area contributed by atoms with Crippen molar-refractivity contribution in [1.82, 2.24) is 0 Å². The van der Waals surface area contributed by atoms with Crippen LogP contribution in [0.1, 0.15) is 57.9 Å². The van der Waals surface area contributed by atoms with Crippen molar-refractivity contribution in [1.29, 1.82) is 0 Å². The summed E-state index contributed by atoms with van der Waals surface area (Å²) >= 11 is 0. The molecule has 0 fully saturated rings. The molecular formula is C19H29ClO5. The summed E-state index contributed by atoms with van der Waals surface area (Å²) in [5.74, 6) is -0.529. The third-order valence-corrected chi connectivity index (χ3v) is 3.78. The lowest BCUT2D eigenvalue weighted by Gasteiger charge is -2.14. The second kappa shape index (κ2) is 13.5. The first kappa shape index (κ1) is 23.2. The van der Waals surface area contributed by atoms with Crippen molar-refractivity contribution in [2.45, 2.75) is 59.0 Å². The molecule has 1 N–H and O–H groups in total. The van der Waals surface area contributed by atoms with Crippen LogP contribution in [0.4, 0.5) is 0 Å². The molecule has 0 aliphatic heterocycles. The number of carboxylic acids is 1. The lowest BCUT2D eigenvalue weighted by molar-refractivity contribution is -0.149. The molecule has 0 heterocycles. The van der Waals surface area contributed by atoms with Gasteiger partial charge in [0.25, 0.3) is 0 Å². The number of esters is 1. The first-order chi connectivity index (χ1) is 11.5. The molecule has 0 radical (unpaired) electrons. The van der Waals surface area contributed by atoms with Crippen molar-refractivity contribution < 1.29 is 24.2 Å². The third kappa shape index (κ3) is 9.97. The summed E-state index contributed by atoms with van der Waals surface area (Å²) in [5.41, 5.74) is 0.861. The number of unbranched alkanes of at least 4 members (excludes halogenated alkanes) is 2. The standard InChI is InChI=1S/C19H28O5.ClH/c1-3-4-13-23-17-11-7-6-10-16(17)14-24-19(22)15(2)9-5-8-12-18(20)21;/h6-7,10-11,15H,3-5,8-9,12-14H2,1-2H3,(H,20,21);1H. The van der Waals surface area contributed by atoms with Gasteiger partial charge in [0.05, 0.1) is 12.5 Å². The molecule has 1 unspecified atom stereocenters. The van der Waals surface area contributed by atoms with Gasteiger partial charge in [0.15, 0.2) is 0 Å². The zero-order chi connectivity index (χ0) is 17.8. The highest BCUT2D eigenvalue weighted by Crippen LogP contribution is 2.20. The molecule has 0 amide bonds. The average molecular weight is 373 g/mol. The number of carbonyl (C=O) groups is 2. The zero-order valence-corrected chi connectivity index (χ0v) is 15.8. The molecule has 0 spiro atoms. The number of ether oxygens (including phenoxy) is 2. The molecule has 0 bridgehead atoms. The number of para-hydroxylation sites is 1. The number of carboxylic acid groups (broad SMARTS) is 1. The van der Waals surface area contributed by atoms with Gasteiger partial charge in [-0.05, 0) is 25.3 Å². The number of rotatable bonds is 12. The monoisotopic (exact) mass is 372 g/mol. The second-order valence-electron chi connectivity index (χ2n) is 5.96. The van der Waals surface area contributed by atoms with Crippen molar-refractivity contribution in [2.24, 2.45) is 5.92 Å². The summed E-state index contributed by atoms with van der Waals surface area (Å²) in [6.07, 6.45) is 4.13. The van der Waals surface area contributed by atoms with Crippen LogP contribution in [-0.4, -0.2) is 23.7 Å². The molecule has 0 aromatic heterocycles. The number of benzene rings is 1. The van der Waals surface area contributed by atoms with Gasteiger partial charge in [0, 0.05) is 12.0 Å². The highest BCUT2D eigenvalue weighted by atomic mass is 35.5. The van der Waals surface area contributed by atoms with Gasteiger partial charge < -0.3 is 14.6 Å². The number of hydrogen-bond acceptors (Lipinski definition) is 4. The Labute approximate surface area is 156 Å². The van der Waals surface area contributed by atoms with E-state index < -0.39 is 5.97 Å². The zero-order valence-electron chi connectivity index (χ0n) is 15.0. The van der Waals surface area contributed by atoms with E-state index in [0.717, 1.165) is 24.2 Å². The molecular weight excluding hydrogens is 344 g/mol. The van der Waals surface area contributed by atoms with Crippen LogP contribution < -0.4 is 4.74 Å². The highest BCUT2D eigenvalue weighted by molar-refractivity contribution is 5.85. The predicted octanol–water partition coefficient (Wildman–Crippen LogP) is 4.61. The van der Waals surface area contributed by atoms with Crippen LogP contribution in [0.3, 0.4) is 0 Å². The van der Waals surface area contributed by atoms with Crippen molar-refractivity contribution in [3.8, 4) is 5.75 Å². The Morgan fingerprint density at radius 3 is 2.56 bits per heavy atom. The topological polar surface area (TPSA) is 72.8 Å². The molecule has 0 aliphatic carbocycles. The predicted molar refractivity (Wildman–Crippen MR) is 99.2 cm³/mol. The summed E-state index contributed by atoms with van der Waals surface area (Å²) in [6, 6.07) is 7.57. The Kier molecular flexibility index (Phi) is 12.6. The Bertz CT molecular complexity index is 518. The van der Waals surface area contributed by atoms with E-state index in [1.165, 1.54) is 0 Å². The molecule has 0 saturated carbocycles. The maximum Gasteiger partial charge on any atom is 0.308 e. The molecule has 1 aromatic rings. The fraction of sp³-hybridized carbons (Fsp3) is 0.579. The Balaban J connectivity index is 0.00000576. The van der Waals surface area contributed by atoms with Gasteiger partial charge in [-0.1, -0.05) is 44.9 Å². The first-order valence-electron chi connectivity index (χ1n) is 8.63. The molecule has 1 atom stereocenters. The molecule has 0 aliphatic rings. The van der Waals surface area contributed by atoms with E-state index in [4.69, 9.17) is 14.6 Å². The van der Waals surface area contributed by atoms with E-state index in [1.54, 1.807) is 0 Å². The van der Waals surface area contributed by atoms with E-state index in [-0.39, 0.29) is 37.3 Å². The summed E-state index contributed by atoms with van der Waals surface area (Å²) in [6.45, 7) is 4.77. The van der Waals surface area contributed by atoms with Gasteiger partial charge in [0.1, 0.15) is 12.4 Å². The fourth-order valence-corrected chi connectivity index (χ4v) is 2.23. The summed E-state index contributed by atoms with van der Waals surface area (Å²) in [7, 11) is 0. The van der Waals surface area contributed by atoms with Crippen molar-refractivity contribution >= 4 is 24.3 Å². The van der Waals surface area contributed by atoms with Crippen LogP contribution in [0, 0.1) is 5.92 Å². The largest absolute Gasteiger partial charge is 0.493 e. The Hall–Kier alpha value is -1.75. The fourth-order valence-electron chi connectivity index (χ4n) is 2.23. The summed E-state index contributed by atoms with van der Waals surface area (Å²) in [5, 5.41) is 8.60. The Morgan fingerprint density at radius 2 is 1.88 bits per heavy atom. The number of halogens is 1. The molecule has 142 valence electrons. The van der Waals surface area contributed by atoms with Gasteiger partial charge in [-0.3, -0.25) is 9.59 Å². The van der Waals surface area contributed by atoms with Gasteiger partial charge in [0.2, 0.25) is 0 Å². The third-order valence-electron chi connectivity index (χ3n) is 3.78. The highest BCUT2D eigenvalue weighted by Gasteiger charge is 2.15. The summed E-state index contributed by atoms with van der Waals surface area (Å²) in [4.78, 5) is 22.5. The van der Waals surface area contributed by atoms with Crippen molar-refractivity contribution in [3.63, 3.8) is 0 Å². The minimum Gasteiger partial charge on any atom is -0.493 e. The van der Waals surface area contributed by atoms with E-state index in [2.05, 4.69) is 6.92 Å². The van der Waals surface area contributed by atoms with Gasteiger partial charge in [-0.2, -0.15) is 0 Å². The van der Waals surface area contributed by atoms with Gasteiger partial charge in [-0.25, -0.2) is 0 Å².